The Hall–Kier alpha value is -3.53. The van der Waals surface area contributed by atoms with Crippen molar-refractivity contribution in [3.63, 3.8) is 0 Å². The van der Waals surface area contributed by atoms with Crippen LogP contribution in [0.3, 0.4) is 0 Å². The van der Waals surface area contributed by atoms with E-state index in [-0.39, 0.29) is 17.3 Å². The van der Waals surface area contributed by atoms with E-state index in [0.717, 1.165) is 29.4 Å². The highest BCUT2D eigenvalue weighted by atomic mass is 32.2. The third-order valence-electron chi connectivity index (χ3n) is 6.07. The van der Waals surface area contributed by atoms with Gasteiger partial charge in [0, 0.05) is 29.3 Å². The van der Waals surface area contributed by atoms with Gasteiger partial charge in [-0.2, -0.15) is 5.10 Å². The molecule has 1 saturated carbocycles. The maximum Gasteiger partial charge on any atom is 0.270 e. The number of benzene rings is 2. The van der Waals surface area contributed by atoms with E-state index in [9.17, 15) is 14.9 Å². The van der Waals surface area contributed by atoms with Crippen molar-refractivity contribution in [1.82, 2.24) is 20.2 Å². The molecule has 9 nitrogen and oxygen atoms in total. The molecular formula is C25H28N6O3S. The molecule has 0 bridgehead atoms. The number of amides is 1. The summed E-state index contributed by atoms with van der Waals surface area (Å²) in [4.78, 5) is 23.1. The van der Waals surface area contributed by atoms with Crippen LogP contribution in [0.5, 0.6) is 0 Å². The van der Waals surface area contributed by atoms with E-state index in [1.807, 2.05) is 0 Å². The van der Waals surface area contributed by atoms with Crippen LogP contribution in [0.15, 0.2) is 58.8 Å². The van der Waals surface area contributed by atoms with Gasteiger partial charge in [0.05, 0.1) is 16.4 Å². The van der Waals surface area contributed by atoms with Crippen LogP contribution in [0.25, 0.3) is 11.4 Å². The highest BCUT2D eigenvalue weighted by Crippen LogP contribution is 2.35. The maximum atomic E-state index is 12.5. The largest absolute Gasteiger partial charge is 0.299 e. The normalized spacial score (nSPS) is 14.6. The second-order valence-corrected chi connectivity index (χ2v) is 9.60. The summed E-state index contributed by atoms with van der Waals surface area (Å²) in [6, 6.07) is 14.7. The van der Waals surface area contributed by atoms with Crippen molar-refractivity contribution in [2.75, 3.05) is 5.75 Å². The monoisotopic (exact) mass is 492 g/mol. The molecular weight excluding hydrogens is 464 g/mol. The number of nitro benzene ring substituents is 1. The van der Waals surface area contributed by atoms with Gasteiger partial charge in [0.1, 0.15) is 0 Å². The average Bonchev–Trinajstić information content (AvgIpc) is 3.31. The Balaban J connectivity index is 1.46. The molecule has 0 aliphatic heterocycles. The van der Waals surface area contributed by atoms with Gasteiger partial charge >= 0.3 is 0 Å². The number of nitro groups is 1. The molecule has 0 saturated heterocycles. The molecule has 182 valence electrons. The molecule has 4 rings (SSSR count). The van der Waals surface area contributed by atoms with Gasteiger partial charge in [0.15, 0.2) is 11.0 Å². The molecule has 35 heavy (non-hydrogen) atoms. The van der Waals surface area contributed by atoms with Crippen LogP contribution in [0.4, 0.5) is 5.69 Å². The van der Waals surface area contributed by atoms with Gasteiger partial charge in [-0.3, -0.25) is 19.5 Å². The highest BCUT2D eigenvalue weighted by molar-refractivity contribution is 7.99. The predicted molar refractivity (Wildman–Crippen MR) is 136 cm³/mol. The lowest BCUT2D eigenvalue weighted by Crippen LogP contribution is -2.22. The van der Waals surface area contributed by atoms with E-state index in [2.05, 4.69) is 56.5 Å². The van der Waals surface area contributed by atoms with Gasteiger partial charge in [-0.25, -0.2) is 5.43 Å². The summed E-state index contributed by atoms with van der Waals surface area (Å²) in [6.07, 6.45) is 5.73. The fraction of sp³-hybridized carbons (Fsp3) is 0.360. The molecule has 1 aliphatic rings. The number of aromatic nitrogens is 3. The Morgan fingerprint density at radius 1 is 1.17 bits per heavy atom. The van der Waals surface area contributed by atoms with Crippen LogP contribution in [0, 0.1) is 17.0 Å². The number of rotatable bonds is 8. The van der Waals surface area contributed by atoms with Gasteiger partial charge in [0.25, 0.3) is 11.6 Å². The molecule has 2 aromatic carbocycles. The Labute approximate surface area is 208 Å². The fourth-order valence-corrected chi connectivity index (χ4v) is 4.96. The van der Waals surface area contributed by atoms with Crippen molar-refractivity contribution >= 4 is 29.1 Å². The Morgan fingerprint density at radius 3 is 2.63 bits per heavy atom. The van der Waals surface area contributed by atoms with Crippen LogP contribution in [-0.2, 0) is 4.79 Å². The average molecular weight is 493 g/mol. The molecule has 1 aliphatic carbocycles. The van der Waals surface area contributed by atoms with Crippen LogP contribution >= 0.6 is 11.8 Å². The van der Waals surface area contributed by atoms with Crippen molar-refractivity contribution in [2.24, 2.45) is 5.10 Å². The zero-order chi connectivity index (χ0) is 24.8. The first kappa shape index (κ1) is 24.6. The number of hydrogen-bond donors (Lipinski definition) is 1. The predicted octanol–water partition coefficient (Wildman–Crippen LogP) is 5.30. The number of carbonyl (C=O) groups excluding carboxylic acids is 1. The SMILES string of the molecule is C/C(=N\NC(=O)CSc1nnc(-c2ccc(C)cc2)n1C1CCCCC1)c1cccc([N+](=O)[O-])c1. The van der Waals surface area contributed by atoms with E-state index in [1.54, 1.807) is 19.1 Å². The molecule has 0 spiro atoms. The molecule has 0 radical (unpaired) electrons. The molecule has 10 heteroatoms. The van der Waals surface area contributed by atoms with E-state index in [1.165, 1.54) is 48.7 Å². The first-order valence-corrected chi connectivity index (χ1v) is 12.6. The first-order chi connectivity index (χ1) is 16.9. The summed E-state index contributed by atoms with van der Waals surface area (Å²) in [5.74, 6) is 0.680. The zero-order valence-corrected chi connectivity index (χ0v) is 20.6. The van der Waals surface area contributed by atoms with Gasteiger partial charge in [-0.15, -0.1) is 10.2 Å². The van der Waals surface area contributed by atoms with Crippen molar-refractivity contribution in [2.45, 2.75) is 57.1 Å². The lowest BCUT2D eigenvalue weighted by molar-refractivity contribution is -0.384. The summed E-state index contributed by atoms with van der Waals surface area (Å²) >= 11 is 1.34. The number of hydrazone groups is 1. The van der Waals surface area contributed by atoms with Gasteiger partial charge < -0.3 is 0 Å². The highest BCUT2D eigenvalue weighted by Gasteiger charge is 2.24. The van der Waals surface area contributed by atoms with Crippen LogP contribution in [-0.4, -0.2) is 37.1 Å². The Morgan fingerprint density at radius 2 is 1.91 bits per heavy atom. The minimum absolute atomic E-state index is 0.0228. The third-order valence-corrected chi connectivity index (χ3v) is 7.01. The minimum Gasteiger partial charge on any atom is -0.299 e. The number of nitrogens with one attached hydrogen (secondary N) is 1. The molecule has 1 aromatic heterocycles. The Bertz CT molecular complexity index is 1230. The molecule has 1 amide bonds. The van der Waals surface area contributed by atoms with Crippen LogP contribution in [0.2, 0.25) is 0 Å². The number of aryl methyl sites for hydroxylation is 1. The molecule has 0 atom stereocenters. The lowest BCUT2D eigenvalue weighted by Gasteiger charge is -2.25. The van der Waals surface area contributed by atoms with Crippen LogP contribution in [0.1, 0.15) is 56.2 Å². The summed E-state index contributed by atoms with van der Waals surface area (Å²) in [6.45, 7) is 3.75. The van der Waals surface area contributed by atoms with Gasteiger partial charge in [0.2, 0.25) is 0 Å². The lowest BCUT2D eigenvalue weighted by atomic mass is 9.95. The summed E-state index contributed by atoms with van der Waals surface area (Å²) in [5, 5.41) is 24.7. The molecule has 1 fully saturated rings. The molecule has 3 aromatic rings. The quantitative estimate of drug-likeness (QED) is 0.197. The van der Waals surface area contributed by atoms with Crippen molar-refractivity contribution in [3.05, 3.63) is 69.8 Å². The number of nitrogens with zero attached hydrogens (tertiary/aromatic N) is 5. The Kier molecular flexibility index (Phi) is 7.91. The minimum atomic E-state index is -0.459. The van der Waals surface area contributed by atoms with Gasteiger partial charge in [-0.1, -0.05) is 73.0 Å². The third kappa shape index (κ3) is 6.13. The number of carbonyl (C=O) groups is 1. The van der Waals surface area contributed by atoms with E-state index >= 15 is 0 Å². The second kappa shape index (κ2) is 11.3. The van der Waals surface area contributed by atoms with E-state index in [0.29, 0.717) is 17.3 Å². The van der Waals surface area contributed by atoms with Crippen molar-refractivity contribution in [1.29, 1.82) is 0 Å². The molecule has 1 N–H and O–H groups in total. The van der Waals surface area contributed by atoms with Crippen molar-refractivity contribution < 1.29 is 9.72 Å². The van der Waals surface area contributed by atoms with Crippen molar-refractivity contribution in [3.8, 4) is 11.4 Å². The molecule has 1 heterocycles. The summed E-state index contributed by atoms with van der Waals surface area (Å²) < 4.78 is 2.19. The number of hydrogen-bond acceptors (Lipinski definition) is 7. The smallest absolute Gasteiger partial charge is 0.270 e. The molecule has 0 unspecified atom stereocenters. The summed E-state index contributed by atoms with van der Waals surface area (Å²) in [5.41, 5.74) is 5.78. The fourth-order valence-electron chi connectivity index (χ4n) is 4.16. The number of non-ortho nitro benzene ring substituents is 1. The first-order valence-electron chi connectivity index (χ1n) is 11.6. The number of thioether (sulfide) groups is 1. The topological polar surface area (TPSA) is 115 Å². The van der Waals surface area contributed by atoms with Crippen LogP contribution < -0.4 is 5.43 Å². The zero-order valence-electron chi connectivity index (χ0n) is 19.8. The van der Waals surface area contributed by atoms with E-state index < -0.39 is 4.92 Å². The summed E-state index contributed by atoms with van der Waals surface area (Å²) in [7, 11) is 0. The standard InChI is InChI=1S/C25H28N6O3S/c1-17-11-13-19(14-12-17)24-28-29-25(30(24)21-8-4-3-5-9-21)35-16-23(32)27-26-18(2)20-7-6-10-22(15-20)31(33)34/h6-7,10-15,21H,3-5,8-9,16H2,1-2H3,(H,27,32)/b26-18+. The second-order valence-electron chi connectivity index (χ2n) is 8.66. The maximum absolute atomic E-state index is 12.5. The van der Waals surface area contributed by atoms with Gasteiger partial charge in [-0.05, 0) is 26.7 Å². The van der Waals surface area contributed by atoms with E-state index in [4.69, 9.17) is 0 Å².